The lowest BCUT2D eigenvalue weighted by Gasteiger charge is -2.11. The molecule has 9 heteroatoms. The Morgan fingerprint density at radius 2 is 1.79 bits per heavy atom. The van der Waals surface area contributed by atoms with Crippen LogP contribution in [0.2, 0.25) is 0 Å². The average Bonchev–Trinajstić information content (AvgIpc) is 2.71. The number of rotatable bonds is 7. The molecule has 0 spiro atoms. The molecule has 0 unspecified atom stereocenters. The maximum atomic E-state index is 14.1. The van der Waals surface area contributed by atoms with E-state index >= 15 is 0 Å². The van der Waals surface area contributed by atoms with Crippen molar-refractivity contribution in [3.05, 3.63) is 73.2 Å². The number of carbonyl (C=O) groups excluding carboxylic acids is 1. The fourth-order valence-electron chi connectivity index (χ4n) is 2.28. The van der Waals surface area contributed by atoms with Gasteiger partial charge in [-0.15, -0.1) is 0 Å². The molecule has 8 nitrogen and oxygen atoms in total. The maximum Gasteiger partial charge on any atom is 0.247 e. The summed E-state index contributed by atoms with van der Waals surface area (Å²) >= 11 is 0. The van der Waals surface area contributed by atoms with Gasteiger partial charge in [0.15, 0.2) is 17.4 Å². The summed E-state index contributed by atoms with van der Waals surface area (Å²) in [6.45, 7) is 3.39. The highest BCUT2D eigenvalue weighted by molar-refractivity contribution is 5.99. The lowest BCUT2D eigenvalue weighted by atomic mass is 10.2. The molecule has 0 saturated carbocycles. The van der Waals surface area contributed by atoms with E-state index in [0.717, 1.165) is 12.3 Å². The normalized spacial score (nSPS) is 9.72. The van der Waals surface area contributed by atoms with Gasteiger partial charge in [0, 0.05) is 23.1 Å². The van der Waals surface area contributed by atoms with Crippen molar-refractivity contribution >= 4 is 34.7 Å². The Kier molecular flexibility index (Phi) is 7.21. The summed E-state index contributed by atoms with van der Waals surface area (Å²) in [7, 11) is 0. The highest BCUT2D eigenvalue weighted by Gasteiger charge is 2.09. The number of amides is 1. The molecule has 3 rings (SSSR count). The first-order valence-electron chi connectivity index (χ1n) is 8.09. The highest BCUT2D eigenvalue weighted by atomic mass is 19.1. The number of nitrogens with zero attached hydrogens (tertiary/aromatic N) is 2. The standard InChI is InChI=1S/C19H16FN5O3.CH4/c1-2-17(26)22-12-5-3-6-13(9-12)23-18-16(20)11-21-19(25-18)24-14-7-4-8-15(10-14)28-27;/h2-11,27H,1H2,(H,22,26)(H2,21,23,24,25);1H4. The Hall–Kier alpha value is -3.98. The van der Waals surface area contributed by atoms with Crippen LogP contribution in [0.1, 0.15) is 7.43 Å². The van der Waals surface area contributed by atoms with Crippen molar-refractivity contribution in [3.63, 3.8) is 0 Å². The van der Waals surface area contributed by atoms with Crippen LogP contribution < -0.4 is 20.8 Å². The molecule has 150 valence electrons. The van der Waals surface area contributed by atoms with E-state index in [-0.39, 0.29) is 30.8 Å². The zero-order chi connectivity index (χ0) is 19.9. The van der Waals surface area contributed by atoms with Crippen LogP contribution in [0.4, 0.5) is 33.2 Å². The molecule has 2 aromatic carbocycles. The Morgan fingerprint density at radius 3 is 2.52 bits per heavy atom. The quantitative estimate of drug-likeness (QED) is 0.260. The molecule has 1 aromatic heterocycles. The van der Waals surface area contributed by atoms with E-state index in [9.17, 15) is 9.18 Å². The molecular weight excluding hydrogens is 377 g/mol. The van der Waals surface area contributed by atoms with E-state index < -0.39 is 5.82 Å². The summed E-state index contributed by atoms with van der Waals surface area (Å²) in [5.74, 6) is -0.706. The molecule has 1 heterocycles. The van der Waals surface area contributed by atoms with Crippen LogP contribution in [0.15, 0.2) is 67.4 Å². The van der Waals surface area contributed by atoms with E-state index in [0.29, 0.717) is 17.1 Å². The Labute approximate surface area is 167 Å². The third-order valence-corrected chi connectivity index (χ3v) is 3.52. The minimum absolute atomic E-state index is 0. The molecule has 0 aliphatic carbocycles. The number of nitrogens with one attached hydrogen (secondary N) is 3. The highest BCUT2D eigenvalue weighted by Crippen LogP contribution is 2.23. The van der Waals surface area contributed by atoms with Gasteiger partial charge in [-0.1, -0.05) is 26.1 Å². The Balaban J connectivity index is 0.00000300. The van der Waals surface area contributed by atoms with Crippen molar-refractivity contribution in [3.8, 4) is 5.75 Å². The van der Waals surface area contributed by atoms with Gasteiger partial charge in [-0.25, -0.2) is 14.6 Å². The van der Waals surface area contributed by atoms with Crippen molar-refractivity contribution in [2.45, 2.75) is 7.43 Å². The number of benzene rings is 2. The lowest BCUT2D eigenvalue weighted by molar-refractivity contribution is -0.137. The predicted octanol–water partition coefficient (Wildman–Crippen LogP) is 4.72. The second-order valence-corrected chi connectivity index (χ2v) is 5.53. The number of carbonyl (C=O) groups is 1. The van der Waals surface area contributed by atoms with E-state index in [2.05, 4.69) is 37.4 Å². The molecule has 0 aliphatic heterocycles. The number of halogens is 1. The van der Waals surface area contributed by atoms with E-state index in [1.807, 2.05) is 0 Å². The molecule has 0 aliphatic rings. The summed E-state index contributed by atoms with van der Waals surface area (Å²) < 4.78 is 14.1. The molecule has 0 fully saturated rings. The molecule has 0 atom stereocenters. The van der Waals surface area contributed by atoms with Crippen LogP contribution in [0, 0.1) is 5.82 Å². The van der Waals surface area contributed by atoms with E-state index in [4.69, 9.17) is 5.26 Å². The number of aromatic nitrogens is 2. The van der Waals surface area contributed by atoms with Crippen LogP contribution in [-0.4, -0.2) is 21.1 Å². The van der Waals surface area contributed by atoms with Gasteiger partial charge in [-0.3, -0.25) is 4.79 Å². The molecule has 3 aromatic rings. The summed E-state index contributed by atoms with van der Waals surface area (Å²) in [4.78, 5) is 23.6. The molecule has 29 heavy (non-hydrogen) atoms. The van der Waals surface area contributed by atoms with Gasteiger partial charge in [0.1, 0.15) is 0 Å². The van der Waals surface area contributed by atoms with Crippen molar-refractivity contribution in [1.82, 2.24) is 9.97 Å². The molecule has 0 saturated heterocycles. The molecule has 0 bridgehead atoms. The number of hydrogen-bond acceptors (Lipinski definition) is 7. The van der Waals surface area contributed by atoms with Gasteiger partial charge in [0.2, 0.25) is 11.9 Å². The van der Waals surface area contributed by atoms with E-state index in [1.54, 1.807) is 42.5 Å². The fourth-order valence-corrected chi connectivity index (χ4v) is 2.28. The topological polar surface area (TPSA) is 108 Å². The third kappa shape index (κ3) is 5.75. The number of anilines is 5. The van der Waals surface area contributed by atoms with Gasteiger partial charge < -0.3 is 20.8 Å². The number of hydrogen-bond donors (Lipinski definition) is 4. The van der Waals surface area contributed by atoms with Crippen LogP contribution in [0.3, 0.4) is 0 Å². The third-order valence-electron chi connectivity index (χ3n) is 3.52. The minimum Gasteiger partial charge on any atom is -0.340 e. The van der Waals surface area contributed by atoms with Crippen LogP contribution in [-0.2, 0) is 4.79 Å². The van der Waals surface area contributed by atoms with E-state index in [1.165, 1.54) is 6.07 Å². The van der Waals surface area contributed by atoms with Gasteiger partial charge in [-0.2, -0.15) is 4.98 Å². The zero-order valence-corrected chi connectivity index (χ0v) is 14.5. The summed E-state index contributed by atoms with van der Waals surface area (Å²) in [6.07, 6.45) is 2.17. The zero-order valence-electron chi connectivity index (χ0n) is 14.5. The summed E-state index contributed by atoms with van der Waals surface area (Å²) in [5.41, 5.74) is 1.57. The Bertz CT molecular complexity index is 1010. The molecule has 4 N–H and O–H groups in total. The van der Waals surface area contributed by atoms with Gasteiger partial charge >= 0.3 is 0 Å². The lowest BCUT2D eigenvalue weighted by Crippen LogP contribution is -2.07. The van der Waals surface area contributed by atoms with Crippen LogP contribution in [0.5, 0.6) is 5.75 Å². The van der Waals surface area contributed by atoms with Crippen molar-refractivity contribution in [1.29, 1.82) is 0 Å². The summed E-state index contributed by atoms with van der Waals surface area (Å²) in [6, 6.07) is 13.1. The fraction of sp³-hybridized carbons (Fsp3) is 0.0500. The van der Waals surface area contributed by atoms with Gasteiger partial charge in [-0.05, 0) is 36.4 Å². The minimum atomic E-state index is -0.654. The monoisotopic (exact) mass is 397 g/mol. The van der Waals surface area contributed by atoms with Crippen molar-refractivity contribution in [2.75, 3.05) is 16.0 Å². The van der Waals surface area contributed by atoms with Crippen LogP contribution in [0.25, 0.3) is 0 Å². The second kappa shape index (κ2) is 9.81. The predicted molar refractivity (Wildman–Crippen MR) is 110 cm³/mol. The van der Waals surface area contributed by atoms with Crippen LogP contribution >= 0.6 is 0 Å². The SMILES string of the molecule is C.C=CC(=O)Nc1cccc(Nc2nc(Nc3cccc(OO)c3)ncc2F)c1. The summed E-state index contributed by atoms with van der Waals surface area (Å²) in [5, 5.41) is 17.1. The largest absolute Gasteiger partial charge is 0.340 e. The second-order valence-electron chi connectivity index (χ2n) is 5.53. The molecule has 0 radical (unpaired) electrons. The molecular formula is C20H20FN5O3. The average molecular weight is 397 g/mol. The smallest absolute Gasteiger partial charge is 0.247 e. The van der Waals surface area contributed by atoms with Gasteiger partial charge in [0.25, 0.3) is 0 Å². The van der Waals surface area contributed by atoms with Crippen molar-refractivity contribution in [2.24, 2.45) is 0 Å². The Morgan fingerprint density at radius 1 is 1.10 bits per heavy atom. The first kappa shape index (κ1) is 21.3. The molecule has 1 amide bonds. The van der Waals surface area contributed by atoms with Gasteiger partial charge in [0.05, 0.1) is 6.20 Å². The first-order valence-corrected chi connectivity index (χ1v) is 8.09. The van der Waals surface area contributed by atoms with Crippen molar-refractivity contribution < 1.29 is 19.3 Å². The maximum absolute atomic E-state index is 14.1. The first-order chi connectivity index (χ1) is 13.6.